The smallest absolute Gasteiger partial charge is 0.0337 e. The highest BCUT2D eigenvalue weighted by Gasteiger charge is 2.22. The molecule has 35 heavy (non-hydrogen) atoms. The van der Waals surface area contributed by atoms with E-state index >= 15 is 0 Å². The van der Waals surface area contributed by atoms with Crippen LogP contribution in [0.4, 0.5) is 11.4 Å². The van der Waals surface area contributed by atoms with Gasteiger partial charge in [0.25, 0.3) is 0 Å². The third kappa shape index (κ3) is 8.72. The van der Waals surface area contributed by atoms with Crippen LogP contribution < -0.4 is 11.5 Å². The predicted molar refractivity (Wildman–Crippen MR) is 153 cm³/mol. The van der Waals surface area contributed by atoms with Gasteiger partial charge in [-0.05, 0) is 149 Å². The van der Waals surface area contributed by atoms with Crippen molar-refractivity contribution in [1.29, 1.82) is 0 Å². The quantitative estimate of drug-likeness (QED) is 0.276. The Bertz CT molecular complexity index is 780. The molecule has 3 aliphatic rings. The molecule has 1 aromatic rings. The monoisotopic (exact) mass is 476 g/mol. The summed E-state index contributed by atoms with van der Waals surface area (Å²) >= 11 is 0. The second-order valence-electron chi connectivity index (χ2n) is 12.3. The fourth-order valence-electron chi connectivity index (χ4n) is 7.17. The van der Waals surface area contributed by atoms with Crippen molar-refractivity contribution in [2.45, 2.75) is 110 Å². The van der Waals surface area contributed by atoms with E-state index in [1.54, 1.807) is 0 Å². The maximum absolute atomic E-state index is 5.96. The lowest BCUT2D eigenvalue weighted by molar-refractivity contribution is 0.291. The van der Waals surface area contributed by atoms with Crippen LogP contribution in [0.25, 0.3) is 0 Å². The zero-order valence-corrected chi connectivity index (χ0v) is 22.5. The lowest BCUT2D eigenvalue weighted by Gasteiger charge is -2.29. The van der Waals surface area contributed by atoms with Crippen molar-refractivity contribution in [2.24, 2.45) is 35.5 Å². The molecule has 0 saturated heterocycles. The molecular weight excluding hydrogens is 424 g/mol. The first-order valence-corrected chi connectivity index (χ1v) is 15.1. The SMILES string of the molecule is CCCC1CCC(/C=C/C2CCC(/C=C/C3CCC(CCc4cc(N)cc(N)c4)CC3)CC2)CC1. The molecule has 1 aromatic carbocycles. The number of aryl methyl sites for hydroxylation is 1. The first-order chi connectivity index (χ1) is 17.1. The van der Waals surface area contributed by atoms with Crippen molar-refractivity contribution in [3.63, 3.8) is 0 Å². The topological polar surface area (TPSA) is 52.0 Å². The van der Waals surface area contributed by atoms with E-state index in [0.717, 1.165) is 53.3 Å². The Morgan fingerprint density at radius 3 is 1.34 bits per heavy atom. The fraction of sp³-hybridized carbons (Fsp3) is 0.697. The first kappa shape index (κ1) is 26.4. The van der Waals surface area contributed by atoms with Crippen LogP contribution in [-0.4, -0.2) is 0 Å². The van der Waals surface area contributed by atoms with Gasteiger partial charge in [-0.3, -0.25) is 0 Å². The van der Waals surface area contributed by atoms with Crippen molar-refractivity contribution < 1.29 is 0 Å². The molecule has 0 spiro atoms. The summed E-state index contributed by atoms with van der Waals surface area (Å²) in [5.74, 6) is 5.26. The van der Waals surface area contributed by atoms with E-state index in [-0.39, 0.29) is 0 Å². The molecule has 4 N–H and O–H groups in total. The van der Waals surface area contributed by atoms with E-state index in [4.69, 9.17) is 11.5 Å². The highest BCUT2D eigenvalue weighted by Crippen LogP contribution is 2.36. The van der Waals surface area contributed by atoms with Gasteiger partial charge in [-0.15, -0.1) is 0 Å². The van der Waals surface area contributed by atoms with Crippen LogP contribution in [0.3, 0.4) is 0 Å². The number of nitrogen functional groups attached to an aromatic ring is 2. The summed E-state index contributed by atoms with van der Waals surface area (Å²) in [5, 5.41) is 0. The zero-order valence-electron chi connectivity index (χ0n) is 22.5. The molecule has 0 heterocycles. The van der Waals surface area contributed by atoms with Gasteiger partial charge in [0, 0.05) is 11.4 Å². The van der Waals surface area contributed by atoms with E-state index < -0.39 is 0 Å². The average molecular weight is 477 g/mol. The molecule has 3 fully saturated rings. The molecule has 3 saturated carbocycles. The van der Waals surface area contributed by atoms with Crippen molar-refractivity contribution >= 4 is 11.4 Å². The molecule has 0 radical (unpaired) electrons. The van der Waals surface area contributed by atoms with E-state index in [2.05, 4.69) is 43.4 Å². The largest absolute Gasteiger partial charge is 0.399 e. The molecule has 0 bridgehead atoms. The van der Waals surface area contributed by atoms with Crippen molar-refractivity contribution in [3.8, 4) is 0 Å². The minimum absolute atomic E-state index is 0.795. The molecule has 0 unspecified atom stereocenters. The number of nitrogens with two attached hydrogens (primary N) is 2. The van der Waals surface area contributed by atoms with Gasteiger partial charge in [-0.2, -0.15) is 0 Å². The molecule has 194 valence electrons. The summed E-state index contributed by atoms with van der Waals surface area (Å²) in [6.45, 7) is 2.34. The predicted octanol–water partition coefficient (Wildman–Crippen LogP) is 9.12. The second kappa shape index (κ2) is 13.6. The standard InChI is InChI=1S/C33H52N2/c1-2-3-25-4-6-26(7-5-25)8-9-27-10-12-28(13-11-27)14-15-29-16-18-30(19-17-29)20-21-31-22-32(34)24-33(35)23-31/h8-9,14-15,22-30H,2-7,10-13,16-21,34-35H2,1H3/b9-8+,15-14+. The average Bonchev–Trinajstić information content (AvgIpc) is 2.87. The highest BCUT2D eigenvalue weighted by molar-refractivity contribution is 5.54. The summed E-state index contributed by atoms with van der Waals surface area (Å²) in [5.41, 5.74) is 14.8. The van der Waals surface area contributed by atoms with E-state index in [1.165, 1.54) is 102 Å². The maximum atomic E-state index is 5.96. The van der Waals surface area contributed by atoms with Crippen LogP contribution in [0, 0.1) is 35.5 Å². The van der Waals surface area contributed by atoms with Gasteiger partial charge in [0.15, 0.2) is 0 Å². The summed E-state index contributed by atoms with van der Waals surface area (Å²) in [4.78, 5) is 0. The Labute approximate surface area is 216 Å². The maximum Gasteiger partial charge on any atom is 0.0337 e. The Hall–Kier alpha value is -1.70. The molecule has 3 aliphatic carbocycles. The fourth-order valence-corrected chi connectivity index (χ4v) is 7.17. The van der Waals surface area contributed by atoms with Gasteiger partial charge in [0.2, 0.25) is 0 Å². The lowest BCUT2D eigenvalue weighted by atomic mass is 9.77. The van der Waals surface area contributed by atoms with Gasteiger partial charge in [0.05, 0.1) is 0 Å². The van der Waals surface area contributed by atoms with Gasteiger partial charge >= 0.3 is 0 Å². The summed E-state index contributed by atoms with van der Waals surface area (Å²) in [6, 6.07) is 6.03. The number of rotatable bonds is 9. The number of anilines is 2. The number of benzene rings is 1. The lowest BCUT2D eigenvalue weighted by Crippen LogP contribution is -2.15. The van der Waals surface area contributed by atoms with E-state index in [0.29, 0.717) is 0 Å². The first-order valence-electron chi connectivity index (χ1n) is 15.1. The van der Waals surface area contributed by atoms with Crippen LogP contribution in [0.2, 0.25) is 0 Å². The third-order valence-electron chi connectivity index (χ3n) is 9.49. The van der Waals surface area contributed by atoms with E-state index in [1.807, 2.05) is 6.07 Å². The Morgan fingerprint density at radius 1 is 0.571 bits per heavy atom. The number of hydrogen-bond donors (Lipinski definition) is 2. The summed E-state index contributed by atoms with van der Waals surface area (Å²) < 4.78 is 0. The minimum Gasteiger partial charge on any atom is -0.399 e. The normalized spacial score (nSPS) is 32.4. The second-order valence-corrected chi connectivity index (χ2v) is 12.3. The molecular formula is C33H52N2. The van der Waals surface area contributed by atoms with Crippen molar-refractivity contribution in [3.05, 3.63) is 48.1 Å². The van der Waals surface area contributed by atoms with Gasteiger partial charge in [-0.25, -0.2) is 0 Å². The van der Waals surface area contributed by atoms with Gasteiger partial charge < -0.3 is 11.5 Å². The Kier molecular flexibility index (Phi) is 10.2. The Morgan fingerprint density at radius 2 is 0.943 bits per heavy atom. The molecule has 4 rings (SSSR count). The van der Waals surface area contributed by atoms with E-state index in [9.17, 15) is 0 Å². The minimum atomic E-state index is 0.795. The van der Waals surface area contributed by atoms with Crippen LogP contribution in [0.1, 0.15) is 109 Å². The van der Waals surface area contributed by atoms with Crippen molar-refractivity contribution in [2.75, 3.05) is 11.5 Å². The van der Waals surface area contributed by atoms with Gasteiger partial charge in [0.1, 0.15) is 0 Å². The molecule has 0 atom stereocenters. The highest BCUT2D eigenvalue weighted by atomic mass is 14.6. The molecule has 0 aliphatic heterocycles. The van der Waals surface area contributed by atoms with Crippen molar-refractivity contribution in [1.82, 2.24) is 0 Å². The van der Waals surface area contributed by atoms with Crippen LogP contribution in [0.15, 0.2) is 42.5 Å². The summed E-state index contributed by atoms with van der Waals surface area (Å²) in [6.07, 6.45) is 32.6. The molecule has 2 nitrogen and oxygen atoms in total. The third-order valence-corrected chi connectivity index (χ3v) is 9.49. The molecule has 0 aromatic heterocycles. The van der Waals surface area contributed by atoms with Gasteiger partial charge in [-0.1, -0.05) is 44.1 Å². The van der Waals surface area contributed by atoms with Crippen LogP contribution >= 0.6 is 0 Å². The molecule has 0 amide bonds. The van der Waals surface area contributed by atoms with Crippen LogP contribution in [-0.2, 0) is 6.42 Å². The number of hydrogen-bond acceptors (Lipinski definition) is 2. The summed E-state index contributed by atoms with van der Waals surface area (Å²) in [7, 11) is 0. The molecule has 2 heteroatoms. The zero-order chi connectivity index (χ0) is 24.5. The van der Waals surface area contributed by atoms with Crippen LogP contribution in [0.5, 0.6) is 0 Å². The Balaban J connectivity index is 1.10. The number of allylic oxidation sites excluding steroid dienone is 4.